The number of fused-ring (bicyclic) bond motifs is 2. The summed E-state index contributed by atoms with van der Waals surface area (Å²) in [6.07, 6.45) is 6.87. The van der Waals surface area contributed by atoms with Gasteiger partial charge in [-0.1, -0.05) is 69.6 Å². The molecule has 8 aromatic rings. The Morgan fingerprint density at radius 3 is 1.55 bits per heavy atom. The lowest BCUT2D eigenvalue weighted by molar-refractivity contribution is 0.0398. The summed E-state index contributed by atoms with van der Waals surface area (Å²) in [5.74, 6) is 0.506. The van der Waals surface area contributed by atoms with Crippen molar-refractivity contribution in [1.29, 1.82) is 0 Å². The topological polar surface area (TPSA) is 202 Å². The van der Waals surface area contributed by atoms with Crippen molar-refractivity contribution in [2.24, 2.45) is 0 Å². The summed E-state index contributed by atoms with van der Waals surface area (Å²) in [6, 6.07) is 30.8. The van der Waals surface area contributed by atoms with Gasteiger partial charge in [0.2, 0.25) is 0 Å². The number of halogens is 1. The van der Waals surface area contributed by atoms with Gasteiger partial charge in [-0.15, -0.1) is 0 Å². The predicted octanol–water partition coefficient (Wildman–Crippen LogP) is 11.1. The smallest absolute Gasteiger partial charge is 0.259 e. The van der Waals surface area contributed by atoms with Gasteiger partial charge in [0.1, 0.15) is 11.6 Å². The fourth-order valence-electron chi connectivity index (χ4n) is 8.28. The Kier molecular flexibility index (Phi) is 15.9. The number of ether oxygens (including phenoxy) is 1. The average Bonchev–Trinajstić information content (AvgIpc) is 4.03. The van der Waals surface area contributed by atoms with Crippen LogP contribution < -0.4 is 31.9 Å². The Bertz CT molecular complexity index is 3100. The second-order valence-electron chi connectivity index (χ2n) is 19.3. The van der Waals surface area contributed by atoms with Crippen LogP contribution in [-0.4, -0.2) is 98.3 Å². The van der Waals surface area contributed by atoms with E-state index in [-0.39, 0.29) is 22.6 Å². The van der Waals surface area contributed by atoms with E-state index in [0.29, 0.717) is 22.8 Å². The van der Waals surface area contributed by atoms with Gasteiger partial charge in [-0.05, 0) is 107 Å². The van der Waals surface area contributed by atoms with Crippen LogP contribution in [0.2, 0.25) is 0 Å². The highest BCUT2D eigenvalue weighted by Gasteiger charge is 2.22. The molecule has 4 aromatic carbocycles. The standard InChI is InChI=1S/C29H35N7O2.C25H27BrN6O/c1-29(2,3)24-9-8-22(18-26(24)30-11-12-36-13-15-38-16-14-36)34-28(37)23-5-4-10-31-27(23)33-21-7-6-20-19-32-35-25(20)17-21;1-25(2,3)20-9-8-18(14-22(20)27-12-10-26)31-24(33)19-5-4-11-28-23(19)30-17-7-6-16-15-29-32-21(16)13-17/h4-10,17-19,30H,11-16H2,1-3H3,(H,31,33)(H,32,35)(H,34,37);4-9,11,13-15,27H,10,12H2,1-3H3,(H,28,30)(H,29,32)(H,31,33). The summed E-state index contributed by atoms with van der Waals surface area (Å²) >= 11 is 3.47. The number of alkyl halides is 1. The molecule has 71 heavy (non-hydrogen) atoms. The van der Waals surface area contributed by atoms with E-state index in [2.05, 4.69) is 137 Å². The largest absolute Gasteiger partial charge is 0.384 e. The molecule has 1 saturated heterocycles. The number of amides is 2. The number of aromatic nitrogens is 6. The average molecular weight is 1020 g/mol. The molecule has 2 amide bonds. The Hall–Kier alpha value is -7.34. The summed E-state index contributed by atoms with van der Waals surface area (Å²) in [5.41, 5.74) is 10.2. The second kappa shape index (κ2) is 22.6. The summed E-state index contributed by atoms with van der Waals surface area (Å²) in [7, 11) is 0. The third kappa shape index (κ3) is 13.1. The maximum atomic E-state index is 13.4. The number of carbonyl (C=O) groups is 2. The highest BCUT2D eigenvalue weighted by Crippen LogP contribution is 2.34. The number of rotatable bonds is 15. The zero-order valence-corrected chi connectivity index (χ0v) is 42.6. The van der Waals surface area contributed by atoms with Gasteiger partial charge in [0.25, 0.3) is 11.8 Å². The number of hydrogen-bond donors (Lipinski definition) is 8. The number of morpholine rings is 1. The van der Waals surface area contributed by atoms with Crippen LogP contribution in [0.3, 0.4) is 0 Å². The molecule has 0 radical (unpaired) electrons. The molecule has 0 unspecified atom stereocenters. The van der Waals surface area contributed by atoms with Crippen LogP contribution in [0.5, 0.6) is 0 Å². The van der Waals surface area contributed by atoms with E-state index < -0.39 is 0 Å². The molecule has 1 aliphatic heterocycles. The normalized spacial score (nSPS) is 13.0. The first kappa shape index (κ1) is 50.1. The van der Waals surface area contributed by atoms with Crippen molar-refractivity contribution in [1.82, 2.24) is 35.3 Å². The van der Waals surface area contributed by atoms with Crippen LogP contribution in [-0.2, 0) is 15.6 Å². The van der Waals surface area contributed by atoms with E-state index in [4.69, 9.17) is 4.74 Å². The highest BCUT2D eigenvalue weighted by molar-refractivity contribution is 9.09. The Morgan fingerprint density at radius 1 is 0.620 bits per heavy atom. The fourth-order valence-corrected chi connectivity index (χ4v) is 8.47. The first-order valence-electron chi connectivity index (χ1n) is 23.8. The number of aromatic amines is 2. The summed E-state index contributed by atoms with van der Waals surface area (Å²) in [4.78, 5) is 37.8. The number of hydrogen-bond acceptors (Lipinski definition) is 12. The molecule has 9 rings (SSSR count). The molecular formula is C54H62BrN13O3. The predicted molar refractivity (Wildman–Crippen MR) is 291 cm³/mol. The van der Waals surface area contributed by atoms with Crippen LogP contribution in [0.25, 0.3) is 21.8 Å². The van der Waals surface area contributed by atoms with Crippen LogP contribution in [0, 0.1) is 0 Å². The number of anilines is 8. The number of H-pyrrole nitrogens is 2. The van der Waals surface area contributed by atoms with E-state index >= 15 is 0 Å². The molecule has 0 bridgehead atoms. The van der Waals surface area contributed by atoms with Crippen molar-refractivity contribution in [2.75, 3.05) is 83.2 Å². The van der Waals surface area contributed by atoms with Gasteiger partial charge in [0, 0.05) is 95.3 Å². The molecule has 0 saturated carbocycles. The van der Waals surface area contributed by atoms with E-state index in [1.54, 1.807) is 49.1 Å². The third-order valence-electron chi connectivity index (χ3n) is 11.9. The quantitative estimate of drug-likeness (QED) is 0.0452. The molecule has 5 heterocycles. The minimum absolute atomic E-state index is 0.0205. The van der Waals surface area contributed by atoms with Crippen molar-refractivity contribution in [2.45, 2.75) is 52.4 Å². The minimum Gasteiger partial charge on any atom is -0.384 e. The molecule has 4 aromatic heterocycles. The number of nitrogens with zero attached hydrogens (tertiary/aromatic N) is 5. The van der Waals surface area contributed by atoms with Gasteiger partial charge in [-0.2, -0.15) is 10.2 Å². The van der Waals surface area contributed by atoms with Crippen molar-refractivity contribution in [3.8, 4) is 0 Å². The van der Waals surface area contributed by atoms with E-state index in [0.717, 1.165) is 107 Å². The Labute approximate surface area is 422 Å². The van der Waals surface area contributed by atoms with Gasteiger partial charge < -0.3 is 36.6 Å². The molecule has 1 aliphatic rings. The van der Waals surface area contributed by atoms with Gasteiger partial charge >= 0.3 is 0 Å². The SMILES string of the molecule is CC(C)(C)c1ccc(NC(=O)c2cccnc2Nc2ccc3cn[nH]c3c2)cc1NCCBr.CC(C)(C)c1ccc(NC(=O)c2cccnc2Nc2ccc3cn[nH]c3c2)cc1NCCN1CCOCC1. The maximum Gasteiger partial charge on any atom is 0.259 e. The number of nitrogens with one attached hydrogen (secondary N) is 8. The third-order valence-corrected chi connectivity index (χ3v) is 12.3. The minimum atomic E-state index is -0.233. The Morgan fingerprint density at radius 2 is 1.08 bits per heavy atom. The van der Waals surface area contributed by atoms with E-state index in [9.17, 15) is 9.59 Å². The van der Waals surface area contributed by atoms with Crippen molar-refractivity contribution in [3.05, 3.63) is 144 Å². The fraction of sp³-hybridized carbons (Fsp3) is 0.296. The van der Waals surface area contributed by atoms with Gasteiger partial charge in [-0.3, -0.25) is 24.7 Å². The van der Waals surface area contributed by atoms with Crippen LogP contribution >= 0.6 is 15.9 Å². The molecule has 1 fully saturated rings. The van der Waals surface area contributed by atoms with Crippen molar-refractivity contribution < 1.29 is 14.3 Å². The van der Waals surface area contributed by atoms with E-state index in [1.807, 2.05) is 60.7 Å². The molecule has 17 heteroatoms. The molecule has 368 valence electrons. The molecule has 0 aliphatic carbocycles. The van der Waals surface area contributed by atoms with Crippen LogP contribution in [0.4, 0.5) is 45.8 Å². The summed E-state index contributed by atoms with van der Waals surface area (Å²) < 4.78 is 5.46. The summed E-state index contributed by atoms with van der Waals surface area (Å²) in [5, 5.41) is 36.6. The van der Waals surface area contributed by atoms with Crippen LogP contribution in [0.1, 0.15) is 73.4 Å². The zero-order valence-electron chi connectivity index (χ0n) is 41.0. The molecule has 8 N–H and O–H groups in total. The molecule has 0 spiro atoms. The van der Waals surface area contributed by atoms with E-state index in [1.165, 1.54) is 11.1 Å². The molecule has 0 atom stereocenters. The number of carbonyl (C=O) groups excluding carboxylic acids is 2. The number of pyridine rings is 2. The van der Waals surface area contributed by atoms with Crippen molar-refractivity contribution >= 4 is 95.3 Å². The maximum absolute atomic E-state index is 13.4. The lowest BCUT2D eigenvalue weighted by atomic mass is 9.85. The first-order chi connectivity index (χ1) is 34.2. The highest BCUT2D eigenvalue weighted by atomic mass is 79.9. The summed E-state index contributed by atoms with van der Waals surface area (Å²) in [6.45, 7) is 19.2. The van der Waals surface area contributed by atoms with Gasteiger partial charge in [0.15, 0.2) is 0 Å². The van der Waals surface area contributed by atoms with Gasteiger partial charge in [-0.25, -0.2) is 9.97 Å². The van der Waals surface area contributed by atoms with Crippen molar-refractivity contribution in [3.63, 3.8) is 0 Å². The van der Waals surface area contributed by atoms with Crippen LogP contribution in [0.15, 0.2) is 122 Å². The Balaban J connectivity index is 0.000000192. The first-order valence-corrected chi connectivity index (χ1v) is 24.9. The molecular weight excluding hydrogens is 959 g/mol. The second-order valence-corrected chi connectivity index (χ2v) is 20.1. The lowest BCUT2D eigenvalue weighted by Crippen LogP contribution is -2.39. The lowest BCUT2D eigenvalue weighted by Gasteiger charge is -2.28. The van der Waals surface area contributed by atoms with Gasteiger partial charge in [0.05, 0.1) is 47.8 Å². The molecule has 16 nitrogen and oxygen atoms in total. The zero-order chi connectivity index (χ0) is 50.0. The number of benzene rings is 4. The monoisotopic (exact) mass is 1020 g/mol.